The maximum atomic E-state index is 12.4. The number of rotatable bonds is 2. The molecule has 94 valence electrons. The molecule has 0 saturated carbocycles. The molecule has 3 rings (SSSR count). The molecule has 0 bridgehead atoms. The van der Waals surface area contributed by atoms with Gasteiger partial charge in [0.15, 0.2) is 0 Å². The van der Waals surface area contributed by atoms with E-state index < -0.39 is 0 Å². The Hall–Kier alpha value is -1.95. The van der Waals surface area contributed by atoms with Crippen LogP contribution in [0, 0.1) is 0 Å². The SMILES string of the molecule is O=C(c1cnn2ccncc12)N1CCC[C@H]1CO. The van der Waals surface area contributed by atoms with E-state index in [1.165, 1.54) is 0 Å². The summed E-state index contributed by atoms with van der Waals surface area (Å²) >= 11 is 0. The van der Waals surface area contributed by atoms with Crippen LogP contribution in [0.4, 0.5) is 0 Å². The van der Waals surface area contributed by atoms with Crippen LogP contribution in [0.2, 0.25) is 0 Å². The highest BCUT2D eigenvalue weighted by atomic mass is 16.3. The Bertz CT molecular complexity index is 580. The number of aliphatic hydroxyl groups is 1. The van der Waals surface area contributed by atoms with Crippen molar-refractivity contribution < 1.29 is 9.90 Å². The van der Waals surface area contributed by atoms with Gasteiger partial charge < -0.3 is 10.0 Å². The van der Waals surface area contributed by atoms with Crippen molar-refractivity contribution in [3.05, 3.63) is 30.4 Å². The average molecular weight is 246 g/mol. The van der Waals surface area contributed by atoms with Crippen LogP contribution in [0.25, 0.3) is 5.52 Å². The van der Waals surface area contributed by atoms with Crippen molar-refractivity contribution in [1.82, 2.24) is 19.5 Å². The quantitative estimate of drug-likeness (QED) is 0.828. The van der Waals surface area contributed by atoms with Crippen LogP contribution in [0.15, 0.2) is 24.8 Å². The molecule has 2 aromatic heterocycles. The number of hydrogen-bond acceptors (Lipinski definition) is 4. The zero-order chi connectivity index (χ0) is 12.5. The molecule has 1 N–H and O–H groups in total. The highest BCUT2D eigenvalue weighted by Gasteiger charge is 2.30. The highest BCUT2D eigenvalue weighted by molar-refractivity contribution is 6.00. The molecule has 2 aromatic rings. The summed E-state index contributed by atoms with van der Waals surface area (Å²) in [5, 5.41) is 13.4. The van der Waals surface area contributed by atoms with Crippen molar-refractivity contribution in [1.29, 1.82) is 0 Å². The lowest BCUT2D eigenvalue weighted by Crippen LogP contribution is -2.37. The number of aromatic nitrogens is 3. The lowest BCUT2D eigenvalue weighted by molar-refractivity contribution is 0.0679. The Morgan fingerprint density at radius 2 is 2.39 bits per heavy atom. The standard InChI is InChI=1S/C12H14N4O2/c17-8-9-2-1-4-15(9)12(18)10-6-14-16-5-3-13-7-11(10)16/h3,5-7,9,17H,1-2,4,8H2/t9-/m0/s1. The number of nitrogens with zero attached hydrogens (tertiary/aromatic N) is 4. The van der Waals surface area contributed by atoms with Crippen LogP contribution >= 0.6 is 0 Å². The number of carbonyl (C=O) groups is 1. The number of carbonyl (C=O) groups excluding carboxylic acids is 1. The van der Waals surface area contributed by atoms with E-state index in [2.05, 4.69) is 10.1 Å². The van der Waals surface area contributed by atoms with Crippen molar-refractivity contribution in [2.75, 3.05) is 13.2 Å². The van der Waals surface area contributed by atoms with Gasteiger partial charge in [0, 0.05) is 18.9 Å². The average Bonchev–Trinajstić information content (AvgIpc) is 3.04. The van der Waals surface area contributed by atoms with Crippen LogP contribution in [-0.2, 0) is 0 Å². The molecular weight excluding hydrogens is 232 g/mol. The summed E-state index contributed by atoms with van der Waals surface area (Å²) in [6.07, 6.45) is 8.32. The van der Waals surface area contributed by atoms with Gasteiger partial charge in [-0.15, -0.1) is 0 Å². The minimum Gasteiger partial charge on any atom is -0.394 e. The van der Waals surface area contributed by atoms with Gasteiger partial charge in [-0.05, 0) is 12.8 Å². The molecule has 3 heterocycles. The molecule has 6 heteroatoms. The molecule has 1 atom stereocenters. The smallest absolute Gasteiger partial charge is 0.258 e. The number of hydrogen-bond donors (Lipinski definition) is 1. The Morgan fingerprint density at radius 1 is 1.50 bits per heavy atom. The zero-order valence-corrected chi connectivity index (χ0v) is 9.86. The van der Waals surface area contributed by atoms with Gasteiger partial charge in [-0.2, -0.15) is 5.10 Å². The van der Waals surface area contributed by atoms with Crippen LogP contribution in [-0.4, -0.2) is 49.7 Å². The first kappa shape index (κ1) is 11.2. The van der Waals surface area contributed by atoms with Gasteiger partial charge in [-0.1, -0.05) is 0 Å². The molecule has 1 aliphatic heterocycles. The van der Waals surface area contributed by atoms with Crippen molar-refractivity contribution in [2.24, 2.45) is 0 Å². The summed E-state index contributed by atoms with van der Waals surface area (Å²) < 4.78 is 1.63. The Kier molecular flexibility index (Phi) is 2.71. The van der Waals surface area contributed by atoms with Gasteiger partial charge in [-0.3, -0.25) is 9.78 Å². The van der Waals surface area contributed by atoms with Gasteiger partial charge in [-0.25, -0.2) is 4.52 Å². The van der Waals surface area contributed by atoms with Crippen LogP contribution in [0.1, 0.15) is 23.2 Å². The summed E-state index contributed by atoms with van der Waals surface area (Å²) in [4.78, 5) is 18.2. The Balaban J connectivity index is 1.97. The third kappa shape index (κ3) is 1.65. The molecule has 6 nitrogen and oxygen atoms in total. The minimum absolute atomic E-state index is 0.0171. The van der Waals surface area contributed by atoms with E-state index in [9.17, 15) is 9.90 Å². The topological polar surface area (TPSA) is 70.7 Å². The first-order valence-corrected chi connectivity index (χ1v) is 6.00. The number of amides is 1. The second-order valence-electron chi connectivity index (χ2n) is 4.44. The van der Waals surface area contributed by atoms with E-state index in [0.717, 1.165) is 12.8 Å². The maximum Gasteiger partial charge on any atom is 0.258 e. The minimum atomic E-state index is -0.0745. The first-order chi connectivity index (χ1) is 8.81. The Morgan fingerprint density at radius 3 is 3.22 bits per heavy atom. The fourth-order valence-electron chi connectivity index (χ4n) is 2.45. The summed E-state index contributed by atoms with van der Waals surface area (Å²) in [6.45, 7) is 0.713. The second kappa shape index (κ2) is 4.38. The fraction of sp³-hybridized carbons (Fsp3) is 0.417. The number of likely N-dealkylation sites (tertiary alicyclic amines) is 1. The van der Waals surface area contributed by atoms with Gasteiger partial charge in [0.05, 0.1) is 36.1 Å². The summed E-state index contributed by atoms with van der Waals surface area (Å²) in [6, 6.07) is -0.0656. The van der Waals surface area contributed by atoms with E-state index in [4.69, 9.17) is 0 Å². The summed E-state index contributed by atoms with van der Waals surface area (Å²) in [5.74, 6) is -0.0745. The largest absolute Gasteiger partial charge is 0.394 e. The third-order valence-corrected chi connectivity index (χ3v) is 3.40. The molecule has 1 aliphatic rings. The lowest BCUT2D eigenvalue weighted by Gasteiger charge is -2.22. The summed E-state index contributed by atoms with van der Waals surface area (Å²) in [5.41, 5.74) is 1.24. The predicted molar refractivity (Wildman–Crippen MR) is 64.1 cm³/mol. The number of aliphatic hydroxyl groups excluding tert-OH is 1. The second-order valence-corrected chi connectivity index (χ2v) is 4.44. The number of fused-ring (bicyclic) bond motifs is 1. The summed E-state index contributed by atoms with van der Waals surface area (Å²) in [7, 11) is 0. The van der Waals surface area contributed by atoms with Crippen molar-refractivity contribution in [2.45, 2.75) is 18.9 Å². The van der Waals surface area contributed by atoms with Crippen molar-refractivity contribution >= 4 is 11.4 Å². The van der Waals surface area contributed by atoms with E-state index >= 15 is 0 Å². The molecule has 1 saturated heterocycles. The molecule has 1 amide bonds. The van der Waals surface area contributed by atoms with Crippen molar-refractivity contribution in [3.63, 3.8) is 0 Å². The molecule has 1 fully saturated rings. The van der Waals surface area contributed by atoms with E-state index in [-0.39, 0.29) is 18.6 Å². The van der Waals surface area contributed by atoms with Crippen LogP contribution in [0.5, 0.6) is 0 Å². The molecule has 0 unspecified atom stereocenters. The van der Waals surface area contributed by atoms with Gasteiger partial charge in [0.1, 0.15) is 0 Å². The normalized spacial score (nSPS) is 19.6. The highest BCUT2D eigenvalue weighted by Crippen LogP contribution is 2.21. The Labute approximate surface area is 104 Å². The molecule has 0 radical (unpaired) electrons. The van der Waals surface area contributed by atoms with Crippen molar-refractivity contribution in [3.8, 4) is 0 Å². The third-order valence-electron chi connectivity index (χ3n) is 3.40. The first-order valence-electron chi connectivity index (χ1n) is 6.00. The fourth-order valence-corrected chi connectivity index (χ4v) is 2.45. The monoisotopic (exact) mass is 246 g/mol. The van der Waals surface area contributed by atoms with Gasteiger partial charge in [0.2, 0.25) is 0 Å². The van der Waals surface area contributed by atoms with E-state index in [0.29, 0.717) is 17.6 Å². The molecule has 18 heavy (non-hydrogen) atoms. The molecule has 0 aliphatic carbocycles. The molecule has 0 spiro atoms. The van der Waals surface area contributed by atoms with Gasteiger partial charge in [0.25, 0.3) is 5.91 Å². The zero-order valence-electron chi connectivity index (χ0n) is 9.86. The van der Waals surface area contributed by atoms with E-state index in [1.54, 1.807) is 34.2 Å². The van der Waals surface area contributed by atoms with Gasteiger partial charge >= 0.3 is 0 Å². The maximum absolute atomic E-state index is 12.4. The van der Waals surface area contributed by atoms with E-state index in [1.807, 2.05) is 0 Å². The molecule has 0 aromatic carbocycles. The predicted octanol–water partition coefficient (Wildman–Crippen LogP) is 0.326. The van der Waals surface area contributed by atoms with Crippen LogP contribution < -0.4 is 0 Å². The van der Waals surface area contributed by atoms with Crippen LogP contribution in [0.3, 0.4) is 0 Å². The lowest BCUT2D eigenvalue weighted by atomic mass is 10.2. The molecular formula is C12H14N4O2.